The van der Waals surface area contributed by atoms with Crippen LogP contribution in [0.3, 0.4) is 0 Å². The van der Waals surface area contributed by atoms with Crippen molar-refractivity contribution in [3.8, 4) is 0 Å². The maximum atomic E-state index is 9.95. The van der Waals surface area contributed by atoms with Crippen molar-refractivity contribution < 1.29 is 5.11 Å². The van der Waals surface area contributed by atoms with Gasteiger partial charge < -0.3 is 15.3 Å². The predicted octanol–water partition coefficient (Wildman–Crippen LogP) is 1.71. The minimum Gasteiger partial charge on any atom is -0.393 e. The molecular formula is C15H30N2O. The number of aliphatic hydroxyl groups excluding tert-OH is 1. The van der Waals surface area contributed by atoms with Crippen molar-refractivity contribution in [2.75, 3.05) is 26.2 Å². The zero-order valence-electron chi connectivity index (χ0n) is 12.4. The number of aliphatic hydroxyl groups is 1. The Kier molecular flexibility index (Phi) is 4.35. The number of fused-ring (bicyclic) bond motifs is 1. The first kappa shape index (κ1) is 14.3. The standard InChI is InChI=1S/C15H30N2O/c1-11(2)16-9-15(3,4)10-17-7-12-5-6-14(18)13(12)8-17/h11-14,16,18H,5-10H2,1-4H3. The fourth-order valence-corrected chi connectivity index (χ4v) is 3.60. The summed E-state index contributed by atoms with van der Waals surface area (Å²) in [6.07, 6.45) is 2.23. The maximum absolute atomic E-state index is 9.95. The smallest absolute Gasteiger partial charge is 0.0583 e. The van der Waals surface area contributed by atoms with Crippen LogP contribution in [-0.2, 0) is 0 Å². The van der Waals surface area contributed by atoms with Crippen LogP contribution in [0.25, 0.3) is 0 Å². The van der Waals surface area contributed by atoms with E-state index in [2.05, 4.69) is 37.9 Å². The lowest BCUT2D eigenvalue weighted by Crippen LogP contribution is -2.42. The molecule has 0 radical (unpaired) electrons. The van der Waals surface area contributed by atoms with Crippen molar-refractivity contribution in [2.45, 2.75) is 52.7 Å². The molecule has 2 fully saturated rings. The van der Waals surface area contributed by atoms with E-state index in [4.69, 9.17) is 0 Å². The second-order valence-corrected chi connectivity index (χ2v) is 7.46. The van der Waals surface area contributed by atoms with Gasteiger partial charge in [-0.3, -0.25) is 0 Å². The number of rotatable bonds is 5. The van der Waals surface area contributed by atoms with E-state index in [0.717, 1.165) is 32.0 Å². The van der Waals surface area contributed by atoms with E-state index in [1.807, 2.05) is 0 Å². The molecule has 2 aliphatic rings. The Labute approximate surface area is 112 Å². The van der Waals surface area contributed by atoms with Crippen LogP contribution in [0.2, 0.25) is 0 Å². The van der Waals surface area contributed by atoms with E-state index >= 15 is 0 Å². The van der Waals surface area contributed by atoms with Crippen LogP contribution >= 0.6 is 0 Å². The van der Waals surface area contributed by atoms with Gasteiger partial charge in [0.1, 0.15) is 0 Å². The highest BCUT2D eigenvalue weighted by molar-refractivity contribution is 4.95. The average molecular weight is 254 g/mol. The molecule has 3 nitrogen and oxygen atoms in total. The van der Waals surface area contributed by atoms with Gasteiger partial charge in [0.25, 0.3) is 0 Å². The van der Waals surface area contributed by atoms with E-state index in [1.54, 1.807) is 0 Å². The lowest BCUT2D eigenvalue weighted by Gasteiger charge is -2.32. The summed E-state index contributed by atoms with van der Waals surface area (Å²) in [4.78, 5) is 2.57. The third-order valence-electron chi connectivity index (χ3n) is 4.54. The molecule has 3 atom stereocenters. The van der Waals surface area contributed by atoms with Gasteiger partial charge in [0.05, 0.1) is 6.10 Å². The zero-order chi connectivity index (χ0) is 13.3. The number of hydrogen-bond acceptors (Lipinski definition) is 3. The largest absolute Gasteiger partial charge is 0.393 e. The molecule has 3 unspecified atom stereocenters. The Hall–Kier alpha value is -0.120. The molecular weight excluding hydrogens is 224 g/mol. The Bertz CT molecular complexity index is 278. The quantitative estimate of drug-likeness (QED) is 0.784. The van der Waals surface area contributed by atoms with Crippen LogP contribution < -0.4 is 5.32 Å². The van der Waals surface area contributed by atoms with Crippen LogP contribution in [-0.4, -0.2) is 48.3 Å². The van der Waals surface area contributed by atoms with E-state index in [-0.39, 0.29) is 6.10 Å². The summed E-state index contributed by atoms with van der Waals surface area (Å²) in [5, 5.41) is 13.5. The van der Waals surface area contributed by atoms with Crippen LogP contribution in [0.1, 0.15) is 40.5 Å². The van der Waals surface area contributed by atoms with Crippen molar-refractivity contribution in [3.05, 3.63) is 0 Å². The van der Waals surface area contributed by atoms with Crippen LogP contribution in [0.5, 0.6) is 0 Å². The Morgan fingerprint density at radius 2 is 2.00 bits per heavy atom. The molecule has 18 heavy (non-hydrogen) atoms. The van der Waals surface area contributed by atoms with Crippen molar-refractivity contribution in [3.63, 3.8) is 0 Å². The lowest BCUT2D eigenvalue weighted by atomic mass is 9.92. The third kappa shape index (κ3) is 3.46. The molecule has 0 aromatic carbocycles. The molecule has 106 valence electrons. The fourth-order valence-electron chi connectivity index (χ4n) is 3.60. The van der Waals surface area contributed by atoms with Crippen LogP contribution in [0.4, 0.5) is 0 Å². The van der Waals surface area contributed by atoms with Gasteiger partial charge in [-0.2, -0.15) is 0 Å². The van der Waals surface area contributed by atoms with Gasteiger partial charge in [-0.25, -0.2) is 0 Å². The number of nitrogens with zero attached hydrogens (tertiary/aromatic N) is 1. The highest BCUT2D eigenvalue weighted by Gasteiger charge is 2.42. The van der Waals surface area contributed by atoms with Crippen LogP contribution in [0.15, 0.2) is 0 Å². The summed E-state index contributed by atoms with van der Waals surface area (Å²) < 4.78 is 0. The molecule has 0 aromatic heterocycles. The fraction of sp³-hybridized carbons (Fsp3) is 1.00. The lowest BCUT2D eigenvalue weighted by molar-refractivity contribution is 0.117. The molecule has 1 aliphatic heterocycles. The van der Waals surface area contributed by atoms with E-state index < -0.39 is 0 Å². The summed E-state index contributed by atoms with van der Waals surface area (Å²) in [7, 11) is 0. The summed E-state index contributed by atoms with van der Waals surface area (Å²) >= 11 is 0. The molecule has 0 aromatic rings. The topological polar surface area (TPSA) is 35.5 Å². The van der Waals surface area contributed by atoms with Crippen molar-refractivity contribution in [1.29, 1.82) is 0 Å². The minimum absolute atomic E-state index is 0.0306. The Morgan fingerprint density at radius 3 is 2.61 bits per heavy atom. The van der Waals surface area contributed by atoms with Gasteiger partial charge in [0.2, 0.25) is 0 Å². The number of nitrogens with one attached hydrogen (secondary N) is 1. The third-order valence-corrected chi connectivity index (χ3v) is 4.54. The van der Waals surface area contributed by atoms with Gasteiger partial charge in [0.15, 0.2) is 0 Å². The first-order chi connectivity index (χ1) is 8.37. The number of likely N-dealkylation sites (tertiary alicyclic amines) is 1. The second kappa shape index (κ2) is 5.48. The monoisotopic (exact) mass is 254 g/mol. The molecule has 3 heteroatoms. The first-order valence-corrected chi connectivity index (χ1v) is 7.51. The molecule has 1 aliphatic carbocycles. The molecule has 0 amide bonds. The first-order valence-electron chi connectivity index (χ1n) is 7.51. The summed E-state index contributed by atoms with van der Waals surface area (Å²) in [5.74, 6) is 1.31. The zero-order valence-corrected chi connectivity index (χ0v) is 12.4. The van der Waals surface area contributed by atoms with Gasteiger partial charge in [-0.05, 0) is 24.2 Å². The molecule has 2 rings (SSSR count). The maximum Gasteiger partial charge on any atom is 0.0583 e. The van der Waals surface area contributed by atoms with Gasteiger partial charge >= 0.3 is 0 Å². The summed E-state index contributed by atoms with van der Waals surface area (Å²) in [6, 6.07) is 0.559. The molecule has 1 saturated carbocycles. The Balaban J connectivity index is 1.80. The van der Waals surface area contributed by atoms with E-state index in [0.29, 0.717) is 17.4 Å². The summed E-state index contributed by atoms with van der Waals surface area (Å²) in [5.41, 5.74) is 0.313. The SMILES string of the molecule is CC(C)NCC(C)(C)CN1CC2CCC(O)C2C1. The van der Waals surface area contributed by atoms with Crippen molar-refractivity contribution in [2.24, 2.45) is 17.3 Å². The highest BCUT2D eigenvalue weighted by atomic mass is 16.3. The Morgan fingerprint density at radius 1 is 1.28 bits per heavy atom. The van der Waals surface area contributed by atoms with E-state index in [1.165, 1.54) is 13.0 Å². The molecule has 0 bridgehead atoms. The van der Waals surface area contributed by atoms with Crippen LogP contribution in [0, 0.1) is 17.3 Å². The van der Waals surface area contributed by atoms with E-state index in [9.17, 15) is 5.11 Å². The van der Waals surface area contributed by atoms with Crippen molar-refractivity contribution in [1.82, 2.24) is 10.2 Å². The van der Waals surface area contributed by atoms with Gasteiger partial charge in [0, 0.05) is 38.1 Å². The predicted molar refractivity (Wildman–Crippen MR) is 75.6 cm³/mol. The molecule has 0 spiro atoms. The molecule has 1 heterocycles. The second-order valence-electron chi connectivity index (χ2n) is 7.46. The van der Waals surface area contributed by atoms with Crippen molar-refractivity contribution >= 4 is 0 Å². The molecule has 2 N–H and O–H groups in total. The normalized spacial score (nSPS) is 33.3. The minimum atomic E-state index is -0.0306. The van der Waals surface area contributed by atoms with Gasteiger partial charge in [-0.15, -0.1) is 0 Å². The van der Waals surface area contributed by atoms with Gasteiger partial charge in [-0.1, -0.05) is 27.7 Å². The average Bonchev–Trinajstić information content (AvgIpc) is 2.78. The summed E-state index contributed by atoms with van der Waals surface area (Å²) in [6.45, 7) is 13.6. The molecule has 1 saturated heterocycles. The number of hydrogen-bond donors (Lipinski definition) is 2. The highest BCUT2D eigenvalue weighted by Crippen LogP contribution is 2.38.